The number of allylic oxidation sites excluding steroid dienone is 2. The Morgan fingerprint density at radius 3 is 3.03 bits per heavy atom. The molecule has 3 heterocycles. The maximum atomic E-state index is 12.2. The van der Waals surface area contributed by atoms with Crippen molar-refractivity contribution >= 4 is 35.1 Å². The molecule has 2 atom stereocenters. The van der Waals surface area contributed by atoms with Crippen LogP contribution in [0.15, 0.2) is 41.2 Å². The Kier molecular flexibility index (Phi) is 6.63. The number of nitrogens with zero attached hydrogens (tertiary/aromatic N) is 2. The molecule has 2 unspecified atom stereocenters. The predicted octanol–water partition coefficient (Wildman–Crippen LogP) is 4.97. The van der Waals surface area contributed by atoms with Crippen molar-refractivity contribution in [1.82, 2.24) is 15.5 Å². The zero-order valence-electron chi connectivity index (χ0n) is 18.4. The van der Waals surface area contributed by atoms with Gasteiger partial charge in [-0.1, -0.05) is 36.7 Å². The number of hydrogen-bond acceptors (Lipinski definition) is 6. The van der Waals surface area contributed by atoms with Gasteiger partial charge in [-0.2, -0.15) is 0 Å². The Hall–Kier alpha value is -1.99. The van der Waals surface area contributed by atoms with E-state index in [4.69, 9.17) is 16.3 Å². The SMILES string of the molecule is CC=C(NC1NC(CCCC)=CS1)N1CC2(CCN(C(=O)OC)C2)c2cc(Cl)ccc21. The zero-order chi connectivity index (χ0) is 22.0. The molecule has 3 aliphatic heterocycles. The Bertz CT molecular complexity index is 906. The number of rotatable bonds is 6. The molecular formula is C23H31ClN4O2S. The Morgan fingerprint density at radius 2 is 2.29 bits per heavy atom. The third kappa shape index (κ3) is 4.35. The minimum absolute atomic E-state index is 0.112. The molecule has 1 aromatic rings. The van der Waals surface area contributed by atoms with E-state index >= 15 is 0 Å². The van der Waals surface area contributed by atoms with Gasteiger partial charge < -0.3 is 25.2 Å². The lowest BCUT2D eigenvalue weighted by molar-refractivity contribution is 0.131. The van der Waals surface area contributed by atoms with Gasteiger partial charge in [0.25, 0.3) is 0 Å². The molecule has 3 aliphatic rings. The number of carbonyl (C=O) groups excluding carboxylic acids is 1. The fraction of sp³-hybridized carbons (Fsp3) is 0.522. The number of fused-ring (bicyclic) bond motifs is 2. The van der Waals surface area contributed by atoms with Gasteiger partial charge in [0.15, 0.2) is 5.50 Å². The number of ether oxygens (including phenoxy) is 1. The van der Waals surface area contributed by atoms with Crippen LogP contribution in [-0.2, 0) is 10.2 Å². The fourth-order valence-electron chi connectivity index (χ4n) is 4.77. The van der Waals surface area contributed by atoms with Crippen LogP contribution in [0.3, 0.4) is 0 Å². The normalized spacial score (nSPS) is 25.0. The van der Waals surface area contributed by atoms with Gasteiger partial charge >= 0.3 is 6.09 Å². The van der Waals surface area contributed by atoms with Crippen molar-refractivity contribution in [1.29, 1.82) is 0 Å². The maximum absolute atomic E-state index is 12.2. The maximum Gasteiger partial charge on any atom is 0.409 e. The molecule has 6 nitrogen and oxygen atoms in total. The van der Waals surface area contributed by atoms with E-state index in [0.29, 0.717) is 13.1 Å². The summed E-state index contributed by atoms with van der Waals surface area (Å²) in [6, 6.07) is 6.11. The molecule has 1 amide bonds. The monoisotopic (exact) mass is 462 g/mol. The molecule has 1 aromatic carbocycles. The number of halogens is 1. The first-order chi connectivity index (χ1) is 15.0. The van der Waals surface area contributed by atoms with Crippen LogP contribution in [0.2, 0.25) is 5.02 Å². The fourth-order valence-corrected chi connectivity index (χ4v) is 5.84. The van der Waals surface area contributed by atoms with E-state index in [-0.39, 0.29) is 17.0 Å². The number of hydrogen-bond donors (Lipinski definition) is 2. The summed E-state index contributed by atoms with van der Waals surface area (Å²) in [4.78, 5) is 16.3. The average Bonchev–Trinajstić information content (AvgIpc) is 3.49. The zero-order valence-corrected chi connectivity index (χ0v) is 20.0. The van der Waals surface area contributed by atoms with Gasteiger partial charge in [0.1, 0.15) is 5.82 Å². The van der Waals surface area contributed by atoms with Crippen molar-refractivity contribution in [2.75, 3.05) is 31.6 Å². The number of amides is 1. The van der Waals surface area contributed by atoms with Crippen molar-refractivity contribution in [3.8, 4) is 0 Å². The van der Waals surface area contributed by atoms with Crippen LogP contribution in [0.4, 0.5) is 10.5 Å². The summed E-state index contributed by atoms with van der Waals surface area (Å²) in [5.74, 6) is 1.06. The number of unbranched alkanes of at least 4 members (excludes halogenated alkanes) is 1. The van der Waals surface area contributed by atoms with Gasteiger partial charge in [-0.25, -0.2) is 4.79 Å². The number of likely N-dealkylation sites (tertiary alicyclic amines) is 1. The molecule has 0 aliphatic carbocycles. The van der Waals surface area contributed by atoms with Crippen LogP contribution < -0.4 is 15.5 Å². The van der Waals surface area contributed by atoms with E-state index in [1.807, 2.05) is 6.07 Å². The highest BCUT2D eigenvalue weighted by Crippen LogP contribution is 2.48. The Balaban J connectivity index is 1.53. The summed E-state index contributed by atoms with van der Waals surface area (Å²) >= 11 is 8.17. The minimum atomic E-state index is -0.263. The molecule has 0 saturated carbocycles. The van der Waals surface area contributed by atoms with Crippen molar-refractivity contribution in [2.24, 2.45) is 0 Å². The van der Waals surface area contributed by atoms with Gasteiger partial charge in [0.05, 0.1) is 7.11 Å². The number of carbonyl (C=O) groups is 1. The minimum Gasteiger partial charge on any atom is -0.453 e. The van der Waals surface area contributed by atoms with Gasteiger partial charge in [0, 0.05) is 41.5 Å². The molecule has 1 spiro atoms. The van der Waals surface area contributed by atoms with Crippen molar-refractivity contribution in [3.05, 3.63) is 51.8 Å². The lowest BCUT2D eigenvalue weighted by Gasteiger charge is -2.29. The third-order valence-electron chi connectivity index (χ3n) is 6.37. The third-order valence-corrected chi connectivity index (χ3v) is 7.54. The van der Waals surface area contributed by atoms with Crippen LogP contribution in [0.25, 0.3) is 0 Å². The molecular weight excluding hydrogens is 432 g/mol. The Labute approximate surface area is 194 Å². The highest BCUT2D eigenvalue weighted by atomic mass is 35.5. The number of benzene rings is 1. The summed E-state index contributed by atoms with van der Waals surface area (Å²) in [5.41, 5.74) is 3.63. The number of nitrogens with one attached hydrogen (secondary N) is 2. The largest absolute Gasteiger partial charge is 0.453 e. The van der Waals surface area contributed by atoms with E-state index in [0.717, 1.165) is 35.9 Å². The second-order valence-corrected chi connectivity index (χ2v) is 9.81. The van der Waals surface area contributed by atoms with Crippen molar-refractivity contribution in [2.45, 2.75) is 50.4 Å². The van der Waals surface area contributed by atoms with Crippen LogP contribution in [0, 0.1) is 0 Å². The van der Waals surface area contributed by atoms with Crippen molar-refractivity contribution in [3.63, 3.8) is 0 Å². The van der Waals surface area contributed by atoms with E-state index in [2.05, 4.69) is 53.0 Å². The lowest BCUT2D eigenvalue weighted by atomic mass is 9.81. The molecule has 2 N–H and O–H groups in total. The lowest BCUT2D eigenvalue weighted by Crippen LogP contribution is -2.43. The van der Waals surface area contributed by atoms with E-state index in [1.165, 1.54) is 31.2 Å². The summed E-state index contributed by atoms with van der Waals surface area (Å²) < 4.78 is 4.98. The first-order valence-electron chi connectivity index (χ1n) is 10.9. The van der Waals surface area contributed by atoms with E-state index < -0.39 is 0 Å². The van der Waals surface area contributed by atoms with Crippen LogP contribution in [0.5, 0.6) is 0 Å². The number of anilines is 1. The molecule has 8 heteroatoms. The first kappa shape index (κ1) is 22.2. The standard InChI is InChI=1S/C23H31ClN4O2S/c1-4-6-7-17-13-31-21(25-17)26-20(5-2)28-15-23(10-11-27(14-23)22(29)30-3)18-12-16(24)8-9-19(18)28/h5,8-9,12-13,21,25-26H,4,6-7,10-11,14-15H2,1-3H3. The molecule has 168 valence electrons. The topological polar surface area (TPSA) is 56.8 Å². The molecule has 4 rings (SSSR count). The van der Waals surface area contributed by atoms with Gasteiger partial charge in [-0.05, 0) is 61.4 Å². The smallest absolute Gasteiger partial charge is 0.409 e. The quantitative estimate of drug-likeness (QED) is 0.622. The van der Waals surface area contributed by atoms with Gasteiger partial charge in [-0.3, -0.25) is 0 Å². The van der Waals surface area contributed by atoms with Gasteiger partial charge in [0.2, 0.25) is 0 Å². The summed E-state index contributed by atoms with van der Waals surface area (Å²) in [6.07, 6.45) is 6.23. The molecule has 0 radical (unpaired) electrons. The highest BCUT2D eigenvalue weighted by Gasteiger charge is 2.49. The predicted molar refractivity (Wildman–Crippen MR) is 128 cm³/mol. The second-order valence-electron chi connectivity index (χ2n) is 8.39. The first-order valence-corrected chi connectivity index (χ1v) is 12.3. The molecule has 1 fully saturated rings. The number of thioether (sulfide) groups is 1. The van der Waals surface area contributed by atoms with E-state index in [1.54, 1.807) is 16.7 Å². The summed E-state index contributed by atoms with van der Waals surface area (Å²) in [6.45, 7) is 6.41. The summed E-state index contributed by atoms with van der Waals surface area (Å²) in [5, 5.41) is 10.2. The van der Waals surface area contributed by atoms with Crippen LogP contribution in [0.1, 0.15) is 45.1 Å². The number of methoxy groups -OCH3 is 1. The van der Waals surface area contributed by atoms with Gasteiger partial charge in [-0.15, -0.1) is 0 Å². The second kappa shape index (κ2) is 9.25. The molecule has 0 bridgehead atoms. The Morgan fingerprint density at radius 1 is 1.45 bits per heavy atom. The molecule has 31 heavy (non-hydrogen) atoms. The van der Waals surface area contributed by atoms with Crippen molar-refractivity contribution < 1.29 is 9.53 Å². The molecule has 0 aromatic heterocycles. The van der Waals surface area contributed by atoms with E-state index in [9.17, 15) is 4.79 Å². The summed E-state index contributed by atoms with van der Waals surface area (Å²) in [7, 11) is 1.44. The highest BCUT2D eigenvalue weighted by molar-refractivity contribution is 8.02. The molecule has 1 saturated heterocycles. The average molecular weight is 463 g/mol. The van der Waals surface area contributed by atoms with Crippen LogP contribution in [-0.4, -0.2) is 43.2 Å². The van der Waals surface area contributed by atoms with Crippen LogP contribution >= 0.6 is 23.4 Å².